The van der Waals surface area contributed by atoms with E-state index in [0.29, 0.717) is 5.39 Å². The van der Waals surface area contributed by atoms with Gasteiger partial charge in [-0.1, -0.05) is 23.5 Å². The zero-order valence-electron chi connectivity index (χ0n) is 7.68. The lowest BCUT2D eigenvalue weighted by atomic mass is 10.3. The number of nitrogens with two attached hydrogens (primary N) is 2. The summed E-state index contributed by atoms with van der Waals surface area (Å²) in [5, 5.41) is 0.857. The second kappa shape index (κ2) is 3.66. The van der Waals surface area contributed by atoms with Crippen LogP contribution in [0.4, 0.5) is 5.13 Å². The van der Waals surface area contributed by atoms with Gasteiger partial charge < -0.3 is 11.5 Å². The van der Waals surface area contributed by atoms with Crippen molar-refractivity contribution in [3.05, 3.63) is 34.6 Å². The second-order valence-electron chi connectivity index (χ2n) is 2.83. The van der Waals surface area contributed by atoms with Gasteiger partial charge in [-0.25, -0.2) is 0 Å². The van der Waals surface area contributed by atoms with Crippen molar-refractivity contribution in [3.8, 4) is 0 Å². The van der Waals surface area contributed by atoms with Crippen LogP contribution in [0.25, 0.3) is 10.1 Å². The summed E-state index contributed by atoms with van der Waals surface area (Å²) in [5.74, 6) is -0.103. The van der Waals surface area contributed by atoms with E-state index in [2.05, 4.69) is 9.98 Å². The highest BCUT2D eigenvalue weighted by Gasteiger charge is 2.02. The van der Waals surface area contributed by atoms with Crippen molar-refractivity contribution in [2.45, 2.75) is 0 Å². The monoisotopic (exact) mass is 220 g/mol. The molecule has 2 rings (SSSR count). The summed E-state index contributed by atoms with van der Waals surface area (Å²) in [4.78, 5) is 19.0. The minimum absolute atomic E-state index is 0.103. The van der Waals surface area contributed by atoms with E-state index in [1.165, 1.54) is 11.3 Å². The minimum Gasteiger partial charge on any atom is -0.370 e. The fourth-order valence-corrected chi connectivity index (χ4v) is 2.05. The first kappa shape index (κ1) is 9.60. The number of rotatable bonds is 1. The van der Waals surface area contributed by atoms with Gasteiger partial charge in [0.05, 0.1) is 5.39 Å². The molecule has 1 heterocycles. The Balaban J connectivity index is 2.73. The summed E-state index contributed by atoms with van der Waals surface area (Å²) >= 11 is 1.27. The number of nitrogens with zero attached hydrogens (tertiary/aromatic N) is 2. The van der Waals surface area contributed by atoms with Crippen molar-refractivity contribution >= 4 is 32.5 Å². The third kappa shape index (κ3) is 1.94. The molecule has 0 radical (unpaired) electrons. The van der Waals surface area contributed by atoms with E-state index in [0.717, 1.165) is 4.70 Å². The molecule has 76 valence electrons. The number of benzene rings is 1. The molecule has 1 aromatic carbocycles. The molecule has 0 aliphatic rings. The van der Waals surface area contributed by atoms with Gasteiger partial charge >= 0.3 is 0 Å². The van der Waals surface area contributed by atoms with Crippen LogP contribution in [0.2, 0.25) is 0 Å². The minimum atomic E-state index is -0.315. The van der Waals surface area contributed by atoms with Gasteiger partial charge in [0.1, 0.15) is 0 Å². The van der Waals surface area contributed by atoms with Crippen molar-refractivity contribution in [2.24, 2.45) is 16.5 Å². The van der Waals surface area contributed by atoms with E-state index >= 15 is 0 Å². The van der Waals surface area contributed by atoms with Gasteiger partial charge in [-0.15, -0.1) is 0 Å². The van der Waals surface area contributed by atoms with E-state index in [1.54, 1.807) is 12.1 Å². The summed E-state index contributed by atoms with van der Waals surface area (Å²) in [5.41, 5.74) is 10.1. The van der Waals surface area contributed by atoms with Crippen LogP contribution in [-0.4, -0.2) is 10.9 Å². The van der Waals surface area contributed by atoms with Gasteiger partial charge in [-0.05, 0) is 12.1 Å². The lowest BCUT2D eigenvalue weighted by molar-refractivity contribution is 1.26. The Bertz CT molecular complexity index is 586. The largest absolute Gasteiger partial charge is 0.370 e. The number of guanidine groups is 1. The summed E-state index contributed by atoms with van der Waals surface area (Å²) in [7, 11) is 0. The van der Waals surface area contributed by atoms with Crippen LogP contribution in [0.5, 0.6) is 0 Å². The zero-order chi connectivity index (χ0) is 10.8. The fourth-order valence-electron chi connectivity index (χ4n) is 1.16. The highest BCUT2D eigenvalue weighted by atomic mass is 32.1. The Labute approximate surface area is 89.1 Å². The van der Waals surface area contributed by atoms with E-state index < -0.39 is 0 Å². The van der Waals surface area contributed by atoms with Crippen molar-refractivity contribution in [3.63, 3.8) is 0 Å². The molecule has 1 aromatic heterocycles. The maximum atomic E-state index is 11.5. The Morgan fingerprint density at radius 1 is 1.33 bits per heavy atom. The smallest absolute Gasteiger partial charge is 0.281 e. The molecule has 0 saturated heterocycles. The maximum absolute atomic E-state index is 11.5. The molecule has 0 spiro atoms. The summed E-state index contributed by atoms with van der Waals surface area (Å²) in [6, 6.07) is 7.19. The lowest BCUT2D eigenvalue weighted by Crippen LogP contribution is -2.22. The third-order valence-electron chi connectivity index (χ3n) is 1.74. The molecule has 4 N–H and O–H groups in total. The van der Waals surface area contributed by atoms with Crippen molar-refractivity contribution in [2.75, 3.05) is 0 Å². The molecule has 5 nitrogen and oxygen atoms in total. The molecule has 0 bridgehead atoms. The van der Waals surface area contributed by atoms with Gasteiger partial charge in [0.2, 0.25) is 5.13 Å². The summed E-state index contributed by atoms with van der Waals surface area (Å²) < 4.78 is 0.817. The zero-order valence-corrected chi connectivity index (χ0v) is 8.49. The summed E-state index contributed by atoms with van der Waals surface area (Å²) in [6.07, 6.45) is 0. The average molecular weight is 220 g/mol. The van der Waals surface area contributed by atoms with Crippen LogP contribution >= 0.6 is 11.3 Å². The third-order valence-corrected chi connectivity index (χ3v) is 2.68. The highest BCUT2D eigenvalue weighted by Crippen LogP contribution is 2.22. The van der Waals surface area contributed by atoms with Crippen molar-refractivity contribution < 1.29 is 0 Å². The molecular formula is C9H8N4OS. The second-order valence-corrected chi connectivity index (χ2v) is 3.84. The number of hydrogen-bond donors (Lipinski definition) is 2. The fraction of sp³-hybridized carbons (Fsp3) is 0. The van der Waals surface area contributed by atoms with Crippen LogP contribution < -0.4 is 17.0 Å². The van der Waals surface area contributed by atoms with Crippen LogP contribution in [0, 0.1) is 0 Å². The Kier molecular flexibility index (Phi) is 2.34. The maximum Gasteiger partial charge on any atom is 0.281 e. The number of aromatic nitrogens is 1. The molecule has 0 atom stereocenters. The molecule has 0 saturated carbocycles. The summed E-state index contributed by atoms with van der Waals surface area (Å²) in [6.45, 7) is 0. The Morgan fingerprint density at radius 2 is 2.07 bits per heavy atom. The van der Waals surface area contributed by atoms with Gasteiger partial charge in [-0.2, -0.15) is 9.98 Å². The van der Waals surface area contributed by atoms with Gasteiger partial charge in [0.15, 0.2) is 5.96 Å². The van der Waals surface area contributed by atoms with Crippen LogP contribution in [0.3, 0.4) is 0 Å². The predicted molar refractivity (Wildman–Crippen MR) is 61.4 cm³/mol. The first-order chi connectivity index (χ1) is 7.16. The molecule has 0 amide bonds. The first-order valence-electron chi connectivity index (χ1n) is 4.16. The molecule has 0 aliphatic heterocycles. The molecule has 0 fully saturated rings. The molecule has 2 aromatic rings. The predicted octanol–water partition coefficient (Wildman–Crippen LogP) is 0.561. The van der Waals surface area contributed by atoms with Gasteiger partial charge in [0, 0.05) is 4.70 Å². The van der Waals surface area contributed by atoms with Crippen molar-refractivity contribution in [1.82, 2.24) is 4.98 Å². The van der Waals surface area contributed by atoms with E-state index in [9.17, 15) is 4.79 Å². The van der Waals surface area contributed by atoms with E-state index in [4.69, 9.17) is 11.5 Å². The number of aliphatic imine (C=N–C) groups is 1. The lowest BCUT2D eigenvalue weighted by Gasteiger charge is -1.96. The molecule has 15 heavy (non-hydrogen) atoms. The molecule has 0 aliphatic carbocycles. The van der Waals surface area contributed by atoms with Crippen LogP contribution in [-0.2, 0) is 0 Å². The molecule has 0 unspecified atom stereocenters. The standard InChI is InChI=1S/C9H8N4OS/c10-8(11)13-9-12-7(14)5-3-1-2-4-6(5)15-9/h1-4H,(H4,10,11,12,13,14). The Hall–Kier alpha value is -1.95. The van der Waals surface area contributed by atoms with Crippen LogP contribution in [0.1, 0.15) is 0 Å². The average Bonchev–Trinajstić information content (AvgIpc) is 2.16. The quantitative estimate of drug-likeness (QED) is 0.542. The Morgan fingerprint density at radius 3 is 2.80 bits per heavy atom. The van der Waals surface area contributed by atoms with Gasteiger partial charge in [-0.3, -0.25) is 4.79 Å². The SMILES string of the molecule is NC(N)=Nc1nc(=O)c2ccccc2s1. The van der Waals surface area contributed by atoms with E-state index in [1.807, 2.05) is 12.1 Å². The van der Waals surface area contributed by atoms with Crippen molar-refractivity contribution in [1.29, 1.82) is 0 Å². The topological polar surface area (TPSA) is 94.4 Å². The van der Waals surface area contributed by atoms with Gasteiger partial charge in [0.25, 0.3) is 5.56 Å². The molecular weight excluding hydrogens is 212 g/mol. The highest BCUT2D eigenvalue weighted by molar-refractivity contribution is 7.21. The first-order valence-corrected chi connectivity index (χ1v) is 4.98. The molecule has 6 heteroatoms. The van der Waals surface area contributed by atoms with Crippen LogP contribution in [0.15, 0.2) is 34.1 Å². The number of fused-ring (bicyclic) bond motifs is 1. The normalized spacial score (nSPS) is 10.1. The number of hydrogen-bond acceptors (Lipinski definition) is 4. The van der Waals surface area contributed by atoms with E-state index in [-0.39, 0.29) is 16.7 Å².